The summed E-state index contributed by atoms with van der Waals surface area (Å²) in [5.41, 5.74) is 0. The molecule has 0 aliphatic carbocycles. The van der Waals surface area contributed by atoms with Crippen LogP contribution in [0.5, 0.6) is 5.75 Å². The molecule has 0 saturated heterocycles. The summed E-state index contributed by atoms with van der Waals surface area (Å²) in [5, 5.41) is 0. The molecule has 0 spiro atoms. The SMILES string of the molecule is CCCCP(=O)(OCC)Oc1ccccc1F. The van der Waals surface area contributed by atoms with Crippen LogP contribution in [0.4, 0.5) is 4.39 Å². The van der Waals surface area contributed by atoms with E-state index in [9.17, 15) is 8.96 Å². The maximum absolute atomic E-state index is 13.4. The molecule has 5 heteroatoms. The van der Waals surface area contributed by atoms with Gasteiger partial charge in [0.1, 0.15) is 0 Å². The standard InChI is InChI=1S/C12H18FO3P/c1-3-5-10-17(14,15-4-2)16-12-9-7-6-8-11(12)13/h6-9H,3-5,10H2,1-2H3. The lowest BCUT2D eigenvalue weighted by atomic mass is 10.3. The Morgan fingerprint density at radius 1 is 1.29 bits per heavy atom. The number of unbranched alkanes of at least 4 members (excludes halogenated alkanes) is 1. The van der Waals surface area contributed by atoms with Gasteiger partial charge in [0.15, 0.2) is 11.6 Å². The Kier molecular flexibility index (Phi) is 5.66. The van der Waals surface area contributed by atoms with Gasteiger partial charge in [-0.3, -0.25) is 0 Å². The summed E-state index contributed by atoms with van der Waals surface area (Å²) in [5.74, 6) is -0.538. The largest absolute Gasteiger partial charge is 0.421 e. The minimum atomic E-state index is -3.22. The molecule has 1 aromatic carbocycles. The van der Waals surface area contributed by atoms with Crippen molar-refractivity contribution < 1.29 is 18.0 Å². The van der Waals surface area contributed by atoms with Gasteiger partial charge >= 0.3 is 7.60 Å². The van der Waals surface area contributed by atoms with Gasteiger partial charge in [0, 0.05) is 0 Å². The molecule has 0 aromatic heterocycles. The molecule has 17 heavy (non-hydrogen) atoms. The van der Waals surface area contributed by atoms with Gasteiger partial charge in [0.2, 0.25) is 0 Å². The quantitative estimate of drug-likeness (QED) is 0.688. The Labute approximate surface area is 101 Å². The van der Waals surface area contributed by atoms with Gasteiger partial charge in [-0.05, 0) is 25.5 Å². The summed E-state index contributed by atoms with van der Waals surface area (Å²) in [6.45, 7) is 4.01. The van der Waals surface area contributed by atoms with Crippen LogP contribution in [0.3, 0.4) is 0 Å². The molecule has 1 unspecified atom stereocenters. The molecule has 1 rings (SSSR count). The summed E-state index contributed by atoms with van der Waals surface area (Å²) in [6.07, 6.45) is 1.93. The summed E-state index contributed by atoms with van der Waals surface area (Å²) >= 11 is 0. The molecule has 1 atom stereocenters. The number of halogens is 1. The number of hydrogen-bond donors (Lipinski definition) is 0. The number of rotatable bonds is 7. The van der Waals surface area contributed by atoms with E-state index in [1.54, 1.807) is 19.1 Å². The highest BCUT2D eigenvalue weighted by Crippen LogP contribution is 2.49. The highest BCUT2D eigenvalue weighted by atomic mass is 31.2. The lowest BCUT2D eigenvalue weighted by molar-refractivity contribution is 0.275. The third kappa shape index (κ3) is 4.49. The van der Waals surface area contributed by atoms with Crippen molar-refractivity contribution in [3.05, 3.63) is 30.1 Å². The van der Waals surface area contributed by atoms with Crippen LogP contribution >= 0.6 is 7.60 Å². The molecular weight excluding hydrogens is 242 g/mol. The Bertz CT molecular complexity index is 395. The summed E-state index contributed by atoms with van der Waals surface area (Å²) in [7, 11) is -3.22. The fraction of sp³-hybridized carbons (Fsp3) is 0.500. The molecule has 0 bridgehead atoms. The predicted octanol–water partition coefficient (Wildman–Crippen LogP) is 4.23. The molecule has 0 heterocycles. The second-order valence-corrected chi connectivity index (χ2v) is 5.74. The first-order valence-electron chi connectivity index (χ1n) is 5.79. The average Bonchev–Trinajstić information content (AvgIpc) is 2.30. The maximum atomic E-state index is 13.4. The van der Waals surface area contributed by atoms with E-state index in [4.69, 9.17) is 9.05 Å². The third-order valence-electron chi connectivity index (χ3n) is 2.19. The molecule has 0 aliphatic heterocycles. The van der Waals surface area contributed by atoms with E-state index in [2.05, 4.69) is 0 Å². The summed E-state index contributed by atoms with van der Waals surface area (Å²) in [6, 6.07) is 5.91. The van der Waals surface area contributed by atoms with Crippen LogP contribution in [0.15, 0.2) is 24.3 Å². The second kappa shape index (κ2) is 6.77. The van der Waals surface area contributed by atoms with E-state index >= 15 is 0 Å². The zero-order chi connectivity index (χ0) is 12.7. The van der Waals surface area contributed by atoms with Crippen molar-refractivity contribution in [2.75, 3.05) is 12.8 Å². The van der Waals surface area contributed by atoms with Crippen LogP contribution in [-0.2, 0) is 9.09 Å². The van der Waals surface area contributed by atoms with Crippen LogP contribution in [0.1, 0.15) is 26.7 Å². The van der Waals surface area contributed by atoms with Gasteiger partial charge in [-0.1, -0.05) is 25.5 Å². The second-order valence-electron chi connectivity index (χ2n) is 3.63. The first kappa shape index (κ1) is 14.2. The van der Waals surface area contributed by atoms with Crippen LogP contribution in [-0.4, -0.2) is 12.8 Å². The zero-order valence-electron chi connectivity index (χ0n) is 10.2. The normalized spacial score (nSPS) is 14.3. The van der Waals surface area contributed by atoms with Gasteiger partial charge in [-0.2, -0.15) is 0 Å². The molecule has 0 radical (unpaired) electrons. The minimum absolute atomic E-state index is 0.0135. The highest BCUT2D eigenvalue weighted by Gasteiger charge is 2.25. The van der Waals surface area contributed by atoms with Gasteiger partial charge in [0.25, 0.3) is 0 Å². The monoisotopic (exact) mass is 260 g/mol. The number of para-hydroxylation sites is 1. The smallest absolute Gasteiger partial charge is 0.379 e. The van der Waals surface area contributed by atoms with Crippen molar-refractivity contribution in [2.45, 2.75) is 26.7 Å². The number of hydrogen-bond acceptors (Lipinski definition) is 3. The molecule has 0 amide bonds. The average molecular weight is 260 g/mol. The summed E-state index contributed by atoms with van der Waals surface area (Å²) in [4.78, 5) is 0. The van der Waals surface area contributed by atoms with E-state index in [1.807, 2.05) is 6.92 Å². The Balaban J connectivity index is 2.79. The van der Waals surface area contributed by atoms with Gasteiger partial charge in [-0.25, -0.2) is 8.96 Å². The highest BCUT2D eigenvalue weighted by molar-refractivity contribution is 7.54. The minimum Gasteiger partial charge on any atom is -0.421 e. The Morgan fingerprint density at radius 2 is 2.00 bits per heavy atom. The zero-order valence-corrected chi connectivity index (χ0v) is 11.1. The fourth-order valence-corrected chi connectivity index (χ4v) is 3.17. The topological polar surface area (TPSA) is 35.5 Å². The van der Waals surface area contributed by atoms with Crippen molar-refractivity contribution in [1.29, 1.82) is 0 Å². The van der Waals surface area contributed by atoms with E-state index in [1.165, 1.54) is 12.1 Å². The van der Waals surface area contributed by atoms with Crippen LogP contribution in [0.2, 0.25) is 0 Å². The molecule has 1 aromatic rings. The molecule has 0 N–H and O–H groups in total. The molecule has 0 fully saturated rings. The Morgan fingerprint density at radius 3 is 2.59 bits per heavy atom. The van der Waals surface area contributed by atoms with E-state index < -0.39 is 13.4 Å². The molecule has 96 valence electrons. The van der Waals surface area contributed by atoms with Crippen molar-refractivity contribution >= 4 is 7.60 Å². The summed E-state index contributed by atoms with van der Waals surface area (Å²) < 4.78 is 36.1. The molecule has 0 saturated carbocycles. The van der Waals surface area contributed by atoms with Crippen molar-refractivity contribution in [3.8, 4) is 5.75 Å². The number of benzene rings is 1. The van der Waals surface area contributed by atoms with Crippen LogP contribution in [0, 0.1) is 5.82 Å². The van der Waals surface area contributed by atoms with Crippen molar-refractivity contribution in [1.82, 2.24) is 0 Å². The van der Waals surface area contributed by atoms with Gasteiger partial charge < -0.3 is 9.05 Å². The fourth-order valence-electron chi connectivity index (χ4n) is 1.35. The van der Waals surface area contributed by atoms with Crippen molar-refractivity contribution in [2.24, 2.45) is 0 Å². The van der Waals surface area contributed by atoms with Crippen LogP contribution < -0.4 is 4.52 Å². The lowest BCUT2D eigenvalue weighted by Crippen LogP contribution is -2.03. The Hall–Kier alpha value is -0.860. The molecular formula is C12H18FO3P. The third-order valence-corrected chi connectivity index (χ3v) is 4.18. The lowest BCUT2D eigenvalue weighted by Gasteiger charge is -2.18. The van der Waals surface area contributed by atoms with E-state index in [-0.39, 0.29) is 12.4 Å². The first-order valence-corrected chi connectivity index (χ1v) is 7.52. The first-order chi connectivity index (χ1) is 8.11. The van der Waals surface area contributed by atoms with Crippen LogP contribution in [0.25, 0.3) is 0 Å². The predicted molar refractivity (Wildman–Crippen MR) is 66.0 cm³/mol. The molecule has 3 nitrogen and oxygen atoms in total. The van der Waals surface area contributed by atoms with E-state index in [0.29, 0.717) is 6.16 Å². The maximum Gasteiger partial charge on any atom is 0.379 e. The molecule has 0 aliphatic rings. The van der Waals surface area contributed by atoms with E-state index in [0.717, 1.165) is 12.8 Å². The van der Waals surface area contributed by atoms with Gasteiger partial charge in [0.05, 0.1) is 12.8 Å². The van der Waals surface area contributed by atoms with Crippen molar-refractivity contribution in [3.63, 3.8) is 0 Å². The van der Waals surface area contributed by atoms with Gasteiger partial charge in [-0.15, -0.1) is 0 Å².